The molecule has 20 heavy (non-hydrogen) atoms. The molecule has 0 amide bonds. The Bertz CT molecular complexity index is 382. The van der Waals surface area contributed by atoms with Crippen molar-refractivity contribution in [2.75, 3.05) is 13.2 Å². The second-order valence-electron chi connectivity index (χ2n) is 7.18. The monoisotopic (exact) mass is 294 g/mol. The van der Waals surface area contributed by atoms with E-state index in [4.69, 9.17) is 9.16 Å². The zero-order chi connectivity index (χ0) is 15.2. The van der Waals surface area contributed by atoms with E-state index in [1.54, 1.807) is 0 Å². The number of hydrogen-bond acceptors (Lipinski definition) is 2. The zero-order valence-electron chi connectivity index (χ0n) is 13.9. The Labute approximate surface area is 125 Å². The first-order chi connectivity index (χ1) is 9.22. The van der Waals surface area contributed by atoms with Crippen LogP contribution in [0.15, 0.2) is 30.3 Å². The maximum Gasteiger partial charge on any atom is 0.191 e. The Morgan fingerprint density at radius 2 is 1.65 bits per heavy atom. The predicted octanol–water partition coefficient (Wildman–Crippen LogP) is 4.86. The highest BCUT2D eigenvalue weighted by molar-refractivity contribution is 6.74. The van der Waals surface area contributed by atoms with Crippen molar-refractivity contribution in [2.45, 2.75) is 52.4 Å². The molecule has 0 aliphatic carbocycles. The molecule has 0 aromatic heterocycles. The zero-order valence-corrected chi connectivity index (χ0v) is 14.9. The lowest BCUT2D eigenvalue weighted by Gasteiger charge is -2.37. The molecule has 0 N–H and O–H groups in total. The van der Waals surface area contributed by atoms with Crippen LogP contribution in [0, 0.1) is 5.92 Å². The third-order valence-corrected chi connectivity index (χ3v) is 8.55. The van der Waals surface area contributed by atoms with Crippen LogP contribution in [0.5, 0.6) is 0 Å². The van der Waals surface area contributed by atoms with E-state index < -0.39 is 8.32 Å². The summed E-state index contributed by atoms with van der Waals surface area (Å²) in [5, 5.41) is 0.275. The molecule has 3 heteroatoms. The fraction of sp³-hybridized carbons (Fsp3) is 0.647. The van der Waals surface area contributed by atoms with E-state index in [-0.39, 0.29) is 5.04 Å². The lowest BCUT2D eigenvalue weighted by molar-refractivity contribution is 0.0716. The fourth-order valence-corrected chi connectivity index (χ4v) is 2.70. The molecule has 0 spiro atoms. The quantitative estimate of drug-likeness (QED) is 0.669. The largest absolute Gasteiger partial charge is 0.416 e. The third-order valence-electron chi connectivity index (χ3n) is 4.05. The highest BCUT2D eigenvalue weighted by atomic mass is 28.4. The van der Waals surface area contributed by atoms with E-state index in [0.29, 0.717) is 12.5 Å². The van der Waals surface area contributed by atoms with Crippen LogP contribution in [0.25, 0.3) is 0 Å². The van der Waals surface area contributed by atoms with Crippen molar-refractivity contribution in [3.05, 3.63) is 35.9 Å². The van der Waals surface area contributed by atoms with Gasteiger partial charge in [0.25, 0.3) is 0 Å². The van der Waals surface area contributed by atoms with Gasteiger partial charge in [-0.15, -0.1) is 0 Å². The molecule has 1 aromatic carbocycles. The number of ether oxygens (including phenoxy) is 1. The molecule has 0 aliphatic heterocycles. The topological polar surface area (TPSA) is 18.5 Å². The fourth-order valence-electron chi connectivity index (χ4n) is 1.57. The van der Waals surface area contributed by atoms with Crippen LogP contribution in [0.1, 0.15) is 33.3 Å². The number of hydrogen-bond donors (Lipinski definition) is 0. The Balaban J connectivity index is 2.26. The van der Waals surface area contributed by atoms with Crippen molar-refractivity contribution in [3.8, 4) is 0 Å². The number of rotatable bonds is 7. The van der Waals surface area contributed by atoms with Gasteiger partial charge in [0.1, 0.15) is 0 Å². The van der Waals surface area contributed by atoms with Gasteiger partial charge >= 0.3 is 0 Å². The predicted molar refractivity (Wildman–Crippen MR) is 88.4 cm³/mol. The standard InChI is InChI=1S/C17H30O2Si/c1-15(13-19-20(5,6)17(2,3)4)12-18-14-16-10-8-7-9-11-16/h7-11,15H,12-14H2,1-6H3/t15-/m0/s1. The first kappa shape index (κ1) is 17.4. The minimum absolute atomic E-state index is 0.275. The molecule has 0 fully saturated rings. The first-order valence-corrected chi connectivity index (χ1v) is 10.4. The minimum atomic E-state index is -1.63. The maximum absolute atomic E-state index is 6.22. The Hall–Kier alpha value is -0.643. The van der Waals surface area contributed by atoms with Gasteiger partial charge in [-0.2, -0.15) is 0 Å². The van der Waals surface area contributed by atoms with E-state index in [9.17, 15) is 0 Å². The van der Waals surface area contributed by atoms with Gasteiger partial charge in [0.2, 0.25) is 0 Å². The van der Waals surface area contributed by atoms with Crippen molar-refractivity contribution >= 4 is 8.32 Å². The van der Waals surface area contributed by atoms with Gasteiger partial charge in [0.05, 0.1) is 13.2 Å². The van der Waals surface area contributed by atoms with Crippen LogP contribution in [0.4, 0.5) is 0 Å². The molecular formula is C17H30O2Si. The summed E-state index contributed by atoms with van der Waals surface area (Å²) in [7, 11) is -1.63. The summed E-state index contributed by atoms with van der Waals surface area (Å²) in [6.45, 7) is 15.8. The molecule has 114 valence electrons. The lowest BCUT2D eigenvalue weighted by atomic mass is 10.2. The Kier molecular flexibility index (Phi) is 6.43. The molecule has 1 atom stereocenters. The van der Waals surface area contributed by atoms with Gasteiger partial charge in [-0.3, -0.25) is 0 Å². The third kappa shape index (κ3) is 5.78. The summed E-state index contributed by atoms with van der Waals surface area (Å²) in [5.41, 5.74) is 1.23. The van der Waals surface area contributed by atoms with Crippen molar-refractivity contribution < 1.29 is 9.16 Å². The van der Waals surface area contributed by atoms with Crippen molar-refractivity contribution in [1.82, 2.24) is 0 Å². The van der Waals surface area contributed by atoms with Crippen LogP contribution >= 0.6 is 0 Å². The van der Waals surface area contributed by atoms with Crippen LogP contribution in [0.3, 0.4) is 0 Å². The molecule has 0 unspecified atom stereocenters. The lowest BCUT2D eigenvalue weighted by Crippen LogP contribution is -2.42. The number of benzene rings is 1. The molecule has 1 aromatic rings. The van der Waals surface area contributed by atoms with Crippen molar-refractivity contribution in [3.63, 3.8) is 0 Å². The van der Waals surface area contributed by atoms with Crippen LogP contribution < -0.4 is 0 Å². The van der Waals surface area contributed by atoms with Gasteiger partial charge < -0.3 is 9.16 Å². The first-order valence-electron chi connectivity index (χ1n) is 7.48. The summed E-state index contributed by atoms with van der Waals surface area (Å²) < 4.78 is 12.0. The van der Waals surface area contributed by atoms with E-state index in [0.717, 1.165) is 13.2 Å². The molecule has 0 heterocycles. The van der Waals surface area contributed by atoms with Crippen LogP contribution in [0.2, 0.25) is 18.1 Å². The molecule has 0 bridgehead atoms. The molecule has 0 saturated carbocycles. The molecule has 1 rings (SSSR count). The summed E-state index contributed by atoms with van der Waals surface area (Å²) in [6.07, 6.45) is 0. The van der Waals surface area contributed by atoms with Gasteiger partial charge in [0.15, 0.2) is 8.32 Å². The van der Waals surface area contributed by atoms with E-state index in [1.807, 2.05) is 18.2 Å². The van der Waals surface area contributed by atoms with E-state index in [1.165, 1.54) is 5.56 Å². The average molecular weight is 295 g/mol. The van der Waals surface area contributed by atoms with E-state index >= 15 is 0 Å². The average Bonchev–Trinajstić information content (AvgIpc) is 2.36. The Morgan fingerprint density at radius 3 is 2.20 bits per heavy atom. The summed E-state index contributed by atoms with van der Waals surface area (Å²) in [5.74, 6) is 0.438. The van der Waals surface area contributed by atoms with Crippen LogP contribution in [-0.2, 0) is 15.8 Å². The maximum atomic E-state index is 6.22. The second-order valence-corrected chi connectivity index (χ2v) is 12.0. The summed E-state index contributed by atoms with van der Waals surface area (Å²) >= 11 is 0. The smallest absolute Gasteiger partial charge is 0.191 e. The van der Waals surface area contributed by atoms with Gasteiger partial charge in [-0.05, 0) is 23.7 Å². The molecular weight excluding hydrogens is 264 g/mol. The molecule has 0 radical (unpaired) electrons. The van der Waals surface area contributed by atoms with Gasteiger partial charge in [0, 0.05) is 12.5 Å². The highest BCUT2D eigenvalue weighted by Gasteiger charge is 2.37. The molecule has 0 aliphatic rings. The van der Waals surface area contributed by atoms with Gasteiger partial charge in [-0.1, -0.05) is 58.0 Å². The summed E-state index contributed by atoms with van der Waals surface area (Å²) in [6, 6.07) is 10.3. The second kappa shape index (κ2) is 7.39. The van der Waals surface area contributed by atoms with Crippen molar-refractivity contribution in [2.24, 2.45) is 5.92 Å². The minimum Gasteiger partial charge on any atom is -0.416 e. The molecule has 2 nitrogen and oxygen atoms in total. The van der Waals surface area contributed by atoms with Crippen molar-refractivity contribution in [1.29, 1.82) is 0 Å². The van der Waals surface area contributed by atoms with Gasteiger partial charge in [-0.25, -0.2) is 0 Å². The highest BCUT2D eigenvalue weighted by Crippen LogP contribution is 2.36. The summed E-state index contributed by atoms with van der Waals surface area (Å²) in [4.78, 5) is 0. The van der Waals surface area contributed by atoms with Crippen LogP contribution in [-0.4, -0.2) is 21.5 Å². The molecule has 0 saturated heterocycles. The normalized spacial score (nSPS) is 14.3. The SMILES string of the molecule is C[C@@H](COCc1ccccc1)CO[Si](C)(C)C(C)(C)C. The van der Waals surface area contributed by atoms with E-state index in [2.05, 4.69) is 52.9 Å². The Morgan fingerprint density at radius 1 is 1.05 bits per heavy atom.